The van der Waals surface area contributed by atoms with Crippen molar-refractivity contribution in [2.45, 2.75) is 19.2 Å². The molecule has 0 aromatic heterocycles. The minimum absolute atomic E-state index is 0.299. The predicted octanol–water partition coefficient (Wildman–Crippen LogP) is 5.62. The first kappa shape index (κ1) is 15.3. The molecule has 2 aromatic rings. The summed E-state index contributed by atoms with van der Waals surface area (Å²) >= 11 is 9.73. The number of aryl methyl sites for hydroxylation is 1. The minimum Gasteiger partial charge on any atom is -0.494 e. The molecule has 0 saturated heterocycles. The Labute approximate surface area is 131 Å². The Morgan fingerprint density at radius 1 is 1.25 bits per heavy atom. The van der Waals surface area contributed by atoms with Gasteiger partial charge in [-0.1, -0.05) is 23.8 Å². The van der Waals surface area contributed by atoms with Crippen LogP contribution in [0.2, 0.25) is 0 Å². The van der Waals surface area contributed by atoms with Crippen LogP contribution >= 0.6 is 27.5 Å². The van der Waals surface area contributed by atoms with Gasteiger partial charge in [-0.15, -0.1) is 11.6 Å². The fourth-order valence-electron chi connectivity index (χ4n) is 2.00. The Bertz CT molecular complexity index is 615. The molecule has 1 unspecified atom stereocenters. The van der Waals surface area contributed by atoms with E-state index in [4.69, 9.17) is 16.3 Å². The van der Waals surface area contributed by atoms with Crippen LogP contribution in [0.1, 0.15) is 29.0 Å². The number of halogens is 3. The van der Waals surface area contributed by atoms with E-state index in [1.807, 2.05) is 32.0 Å². The second kappa shape index (κ2) is 6.59. The molecule has 20 heavy (non-hydrogen) atoms. The maximum atomic E-state index is 13.3. The Kier molecular flexibility index (Phi) is 5.06. The van der Waals surface area contributed by atoms with Crippen molar-refractivity contribution in [2.75, 3.05) is 6.61 Å². The summed E-state index contributed by atoms with van der Waals surface area (Å²) in [5, 5.41) is -0.381. The lowest BCUT2D eigenvalue weighted by atomic mass is 10.0. The summed E-state index contributed by atoms with van der Waals surface area (Å²) < 4.78 is 19.3. The fourth-order valence-corrected chi connectivity index (χ4v) is 2.71. The molecule has 0 aliphatic carbocycles. The zero-order chi connectivity index (χ0) is 14.7. The normalized spacial score (nSPS) is 12.2. The number of alkyl halides is 1. The van der Waals surface area contributed by atoms with E-state index in [0.717, 1.165) is 22.4 Å². The van der Waals surface area contributed by atoms with Crippen LogP contribution in [-0.4, -0.2) is 6.61 Å². The Morgan fingerprint density at radius 2 is 2.00 bits per heavy atom. The lowest BCUT2D eigenvalue weighted by Crippen LogP contribution is -2.01. The van der Waals surface area contributed by atoms with Crippen molar-refractivity contribution in [1.82, 2.24) is 0 Å². The lowest BCUT2D eigenvalue weighted by molar-refractivity contribution is 0.337. The summed E-state index contributed by atoms with van der Waals surface area (Å²) in [5.74, 6) is 0.463. The molecule has 1 nitrogen and oxygen atoms in total. The second-order valence-electron chi connectivity index (χ2n) is 4.51. The summed E-state index contributed by atoms with van der Waals surface area (Å²) in [7, 11) is 0. The average molecular weight is 358 g/mol. The molecule has 0 aliphatic rings. The van der Waals surface area contributed by atoms with E-state index >= 15 is 0 Å². The molecule has 2 aromatic carbocycles. The van der Waals surface area contributed by atoms with Crippen LogP contribution in [0.15, 0.2) is 40.9 Å². The third-order valence-electron chi connectivity index (χ3n) is 2.97. The van der Waals surface area contributed by atoms with Gasteiger partial charge in [-0.2, -0.15) is 0 Å². The first-order valence-electron chi connectivity index (χ1n) is 6.35. The van der Waals surface area contributed by atoms with Gasteiger partial charge in [0.1, 0.15) is 11.6 Å². The summed E-state index contributed by atoms with van der Waals surface area (Å²) in [5.41, 5.74) is 2.83. The molecule has 4 heteroatoms. The molecule has 0 spiro atoms. The van der Waals surface area contributed by atoms with Crippen LogP contribution in [0, 0.1) is 12.7 Å². The van der Waals surface area contributed by atoms with E-state index in [0.29, 0.717) is 11.1 Å². The van der Waals surface area contributed by atoms with Gasteiger partial charge in [0.25, 0.3) is 0 Å². The third kappa shape index (κ3) is 3.33. The van der Waals surface area contributed by atoms with Crippen LogP contribution in [0.3, 0.4) is 0 Å². The van der Waals surface area contributed by atoms with Crippen molar-refractivity contribution in [3.8, 4) is 5.75 Å². The number of benzene rings is 2. The first-order chi connectivity index (χ1) is 9.52. The highest BCUT2D eigenvalue weighted by molar-refractivity contribution is 9.10. The van der Waals surface area contributed by atoms with Gasteiger partial charge in [-0.25, -0.2) is 4.39 Å². The molecule has 0 bridgehead atoms. The van der Waals surface area contributed by atoms with Gasteiger partial charge in [0.15, 0.2) is 0 Å². The summed E-state index contributed by atoms with van der Waals surface area (Å²) in [6.45, 7) is 4.51. The Balaban J connectivity index is 2.43. The fraction of sp³-hybridized carbons (Fsp3) is 0.250. The van der Waals surface area contributed by atoms with Crippen molar-refractivity contribution in [1.29, 1.82) is 0 Å². The third-order valence-corrected chi connectivity index (χ3v) is 4.07. The van der Waals surface area contributed by atoms with Crippen LogP contribution in [0.4, 0.5) is 4.39 Å². The van der Waals surface area contributed by atoms with Gasteiger partial charge >= 0.3 is 0 Å². The standard InChI is InChI=1S/C16H15BrClFO/c1-3-20-15-7-4-10(2)8-12(15)16(18)11-5-6-14(19)13(17)9-11/h4-9,16H,3H2,1-2H3. The van der Waals surface area contributed by atoms with E-state index in [-0.39, 0.29) is 11.2 Å². The largest absolute Gasteiger partial charge is 0.494 e. The molecule has 0 fully saturated rings. The van der Waals surface area contributed by atoms with Crippen LogP contribution < -0.4 is 4.74 Å². The van der Waals surface area contributed by atoms with E-state index in [2.05, 4.69) is 15.9 Å². The predicted molar refractivity (Wildman–Crippen MR) is 84.1 cm³/mol. The van der Waals surface area contributed by atoms with Crippen molar-refractivity contribution in [3.63, 3.8) is 0 Å². The maximum Gasteiger partial charge on any atom is 0.137 e. The van der Waals surface area contributed by atoms with E-state index < -0.39 is 0 Å². The molecule has 0 saturated carbocycles. The number of hydrogen-bond donors (Lipinski definition) is 0. The highest BCUT2D eigenvalue weighted by Crippen LogP contribution is 2.37. The molecule has 0 aliphatic heterocycles. The number of hydrogen-bond acceptors (Lipinski definition) is 1. The first-order valence-corrected chi connectivity index (χ1v) is 7.58. The minimum atomic E-state index is -0.381. The molecule has 0 amide bonds. The summed E-state index contributed by atoms with van der Waals surface area (Å²) in [6, 6.07) is 10.7. The summed E-state index contributed by atoms with van der Waals surface area (Å²) in [6.07, 6.45) is 0. The van der Waals surface area contributed by atoms with Crippen molar-refractivity contribution < 1.29 is 9.13 Å². The second-order valence-corrected chi connectivity index (χ2v) is 5.80. The molecule has 0 N–H and O–H groups in total. The van der Waals surface area contributed by atoms with Gasteiger partial charge in [-0.05, 0) is 53.5 Å². The van der Waals surface area contributed by atoms with E-state index in [1.165, 1.54) is 6.07 Å². The Hall–Kier alpha value is -1.06. The van der Waals surface area contributed by atoms with Gasteiger partial charge in [0, 0.05) is 5.56 Å². The molecule has 106 valence electrons. The quantitative estimate of drug-likeness (QED) is 0.645. The van der Waals surface area contributed by atoms with E-state index in [9.17, 15) is 4.39 Å². The molecule has 1 atom stereocenters. The zero-order valence-electron chi connectivity index (χ0n) is 11.3. The SMILES string of the molecule is CCOc1ccc(C)cc1C(Cl)c1ccc(F)c(Br)c1. The number of ether oxygens (including phenoxy) is 1. The highest BCUT2D eigenvalue weighted by Gasteiger charge is 2.17. The van der Waals surface area contributed by atoms with Crippen LogP contribution in [0.25, 0.3) is 0 Å². The van der Waals surface area contributed by atoms with Crippen molar-refractivity contribution in [3.05, 3.63) is 63.4 Å². The van der Waals surface area contributed by atoms with Crippen molar-refractivity contribution in [2.24, 2.45) is 0 Å². The highest BCUT2D eigenvalue weighted by atomic mass is 79.9. The van der Waals surface area contributed by atoms with Crippen LogP contribution in [-0.2, 0) is 0 Å². The topological polar surface area (TPSA) is 9.23 Å². The van der Waals surface area contributed by atoms with E-state index in [1.54, 1.807) is 12.1 Å². The molecule has 2 rings (SSSR count). The summed E-state index contributed by atoms with van der Waals surface area (Å²) in [4.78, 5) is 0. The van der Waals surface area contributed by atoms with Gasteiger partial charge in [0.2, 0.25) is 0 Å². The average Bonchev–Trinajstić information content (AvgIpc) is 2.43. The molecular weight excluding hydrogens is 343 g/mol. The monoisotopic (exact) mass is 356 g/mol. The van der Waals surface area contributed by atoms with Crippen LogP contribution in [0.5, 0.6) is 5.75 Å². The van der Waals surface area contributed by atoms with Crippen molar-refractivity contribution >= 4 is 27.5 Å². The van der Waals surface area contributed by atoms with Gasteiger partial charge in [0.05, 0.1) is 16.5 Å². The van der Waals surface area contributed by atoms with Gasteiger partial charge in [-0.3, -0.25) is 0 Å². The Morgan fingerprint density at radius 3 is 2.65 bits per heavy atom. The number of rotatable bonds is 4. The smallest absolute Gasteiger partial charge is 0.137 e. The zero-order valence-corrected chi connectivity index (χ0v) is 13.6. The molecular formula is C16H15BrClFO. The lowest BCUT2D eigenvalue weighted by Gasteiger charge is -2.16. The molecule has 0 heterocycles. The van der Waals surface area contributed by atoms with Gasteiger partial charge < -0.3 is 4.74 Å². The maximum absolute atomic E-state index is 13.3. The molecule has 0 radical (unpaired) electrons.